The molecule has 0 aromatic carbocycles. The van der Waals surface area contributed by atoms with Gasteiger partial charge in [-0.1, -0.05) is 0 Å². The van der Waals surface area contributed by atoms with Crippen LogP contribution in [0.5, 0.6) is 0 Å². The van der Waals surface area contributed by atoms with E-state index in [4.69, 9.17) is 16.7 Å². The summed E-state index contributed by atoms with van der Waals surface area (Å²) in [5, 5.41) is 12.8. The summed E-state index contributed by atoms with van der Waals surface area (Å²) in [4.78, 5) is 17.5. The molecule has 0 aliphatic heterocycles. The maximum Gasteiger partial charge on any atom is 0.258 e. The van der Waals surface area contributed by atoms with Gasteiger partial charge in [-0.25, -0.2) is 4.98 Å². The van der Waals surface area contributed by atoms with Crippen LogP contribution in [0.1, 0.15) is 0 Å². The molecule has 0 fully saturated rings. The van der Waals surface area contributed by atoms with E-state index in [1.165, 1.54) is 17.3 Å². The predicted octanol–water partition coefficient (Wildman–Crippen LogP) is -0.466. The third-order valence-corrected chi connectivity index (χ3v) is 2.15. The van der Waals surface area contributed by atoms with Gasteiger partial charge in [-0.05, 0) is 11.6 Å². The van der Waals surface area contributed by atoms with Gasteiger partial charge in [0, 0.05) is 13.6 Å². The van der Waals surface area contributed by atoms with E-state index >= 15 is 0 Å². The van der Waals surface area contributed by atoms with Crippen LogP contribution in [0.25, 0.3) is 5.95 Å². The molecule has 0 unspecified atom stereocenters. The molecule has 2 aromatic heterocycles. The number of halogens is 1. The number of hydrogen-bond acceptors (Lipinski definition) is 7. The van der Waals surface area contributed by atoms with Crippen molar-refractivity contribution in [2.45, 2.75) is 0 Å². The lowest BCUT2D eigenvalue weighted by molar-refractivity contribution is 0.303. The summed E-state index contributed by atoms with van der Waals surface area (Å²) in [5.74, 6) is 0.645. The highest BCUT2D eigenvalue weighted by atomic mass is 35.5. The van der Waals surface area contributed by atoms with Crippen LogP contribution in [-0.2, 0) is 0 Å². The molecule has 1 N–H and O–H groups in total. The Labute approximate surface area is 102 Å². The van der Waals surface area contributed by atoms with Crippen LogP contribution in [0.2, 0.25) is 5.28 Å². The fraction of sp³-hybridized carbons (Fsp3) is 0.375. The minimum atomic E-state index is -0.00153. The second kappa shape index (κ2) is 5.02. The normalized spacial score (nSPS) is 10.5. The molecule has 0 amide bonds. The average molecular weight is 256 g/mol. The van der Waals surface area contributed by atoms with E-state index in [9.17, 15) is 0 Å². The van der Waals surface area contributed by atoms with Gasteiger partial charge in [0.15, 0.2) is 0 Å². The Morgan fingerprint density at radius 1 is 1.41 bits per heavy atom. The molecule has 0 aliphatic carbocycles. The van der Waals surface area contributed by atoms with Gasteiger partial charge in [-0.3, -0.25) is 0 Å². The minimum absolute atomic E-state index is 0.00153. The Balaban J connectivity index is 2.36. The van der Waals surface area contributed by atoms with Gasteiger partial charge in [0.25, 0.3) is 5.95 Å². The molecule has 2 aromatic rings. The van der Waals surface area contributed by atoms with Gasteiger partial charge in [0.2, 0.25) is 11.2 Å². The molecule has 0 saturated heterocycles. The molecule has 0 spiro atoms. The van der Waals surface area contributed by atoms with Crippen LogP contribution >= 0.6 is 11.6 Å². The Bertz CT molecular complexity index is 489. The predicted molar refractivity (Wildman–Crippen MR) is 60.1 cm³/mol. The van der Waals surface area contributed by atoms with Crippen molar-refractivity contribution < 1.29 is 5.11 Å². The Kier molecular flexibility index (Phi) is 3.45. The van der Waals surface area contributed by atoms with Crippen LogP contribution in [-0.4, -0.2) is 55.0 Å². The number of aliphatic hydroxyl groups is 1. The SMILES string of the molecule is CN(CCO)c1nc(Cl)nc(-n2cncn2)n1. The average Bonchev–Trinajstić information content (AvgIpc) is 2.82. The van der Waals surface area contributed by atoms with E-state index in [0.29, 0.717) is 12.5 Å². The van der Waals surface area contributed by atoms with Crippen LogP contribution < -0.4 is 4.90 Å². The standard InChI is InChI=1S/C8H10ClN7O/c1-15(2-3-17)7-12-6(9)13-8(14-7)16-5-10-4-11-16/h4-5,17H,2-3H2,1H3. The first kappa shape index (κ1) is 11.7. The number of nitrogens with zero attached hydrogens (tertiary/aromatic N) is 7. The fourth-order valence-electron chi connectivity index (χ4n) is 1.16. The molecule has 8 nitrogen and oxygen atoms in total. The first-order valence-electron chi connectivity index (χ1n) is 4.79. The molecule has 0 bridgehead atoms. The van der Waals surface area contributed by atoms with Gasteiger partial charge in [-0.2, -0.15) is 24.7 Å². The largest absolute Gasteiger partial charge is 0.395 e. The number of anilines is 1. The second-order valence-electron chi connectivity index (χ2n) is 3.19. The van der Waals surface area contributed by atoms with E-state index in [1.54, 1.807) is 11.9 Å². The summed E-state index contributed by atoms with van der Waals surface area (Å²) in [5.41, 5.74) is 0. The lowest BCUT2D eigenvalue weighted by Gasteiger charge is -2.15. The smallest absolute Gasteiger partial charge is 0.258 e. The minimum Gasteiger partial charge on any atom is -0.395 e. The van der Waals surface area contributed by atoms with Crippen LogP contribution in [0.4, 0.5) is 5.95 Å². The summed E-state index contributed by atoms with van der Waals surface area (Å²) in [6.07, 6.45) is 2.83. The molecule has 0 atom stereocenters. The highest BCUT2D eigenvalue weighted by Crippen LogP contribution is 2.11. The molecule has 0 aliphatic rings. The molecular weight excluding hydrogens is 246 g/mol. The summed E-state index contributed by atoms with van der Waals surface area (Å²) < 4.78 is 1.38. The third-order valence-electron chi connectivity index (χ3n) is 1.99. The van der Waals surface area contributed by atoms with Gasteiger partial charge in [0.1, 0.15) is 12.7 Å². The second-order valence-corrected chi connectivity index (χ2v) is 3.53. The van der Waals surface area contributed by atoms with E-state index in [2.05, 4.69) is 25.0 Å². The zero-order valence-electron chi connectivity index (χ0n) is 9.02. The van der Waals surface area contributed by atoms with Gasteiger partial charge in [-0.15, -0.1) is 0 Å². The molecule has 0 saturated carbocycles. The molecule has 2 heterocycles. The van der Waals surface area contributed by atoms with Crippen LogP contribution in [0.3, 0.4) is 0 Å². The van der Waals surface area contributed by atoms with E-state index in [0.717, 1.165) is 0 Å². The zero-order valence-corrected chi connectivity index (χ0v) is 9.78. The number of aromatic nitrogens is 6. The lowest BCUT2D eigenvalue weighted by atomic mass is 10.6. The maximum atomic E-state index is 8.85. The summed E-state index contributed by atoms with van der Waals surface area (Å²) in [7, 11) is 1.74. The highest BCUT2D eigenvalue weighted by Gasteiger charge is 2.10. The van der Waals surface area contributed by atoms with Crippen molar-refractivity contribution >= 4 is 17.5 Å². The lowest BCUT2D eigenvalue weighted by Crippen LogP contribution is -2.24. The molecular formula is C8H10ClN7O. The van der Waals surface area contributed by atoms with Crippen molar-refractivity contribution in [3.8, 4) is 5.95 Å². The number of likely N-dealkylation sites (N-methyl/N-ethyl adjacent to an activating group) is 1. The fourth-order valence-corrected chi connectivity index (χ4v) is 1.32. The highest BCUT2D eigenvalue weighted by molar-refractivity contribution is 6.28. The molecule has 9 heteroatoms. The van der Waals surface area contributed by atoms with Crippen molar-refractivity contribution in [2.75, 3.05) is 25.1 Å². The Morgan fingerprint density at radius 2 is 2.24 bits per heavy atom. The van der Waals surface area contributed by atoms with Crippen molar-refractivity contribution in [1.82, 2.24) is 29.7 Å². The first-order valence-corrected chi connectivity index (χ1v) is 5.17. The zero-order chi connectivity index (χ0) is 12.3. The topological polar surface area (TPSA) is 92.8 Å². The van der Waals surface area contributed by atoms with Gasteiger partial charge >= 0.3 is 0 Å². The van der Waals surface area contributed by atoms with E-state index in [-0.39, 0.29) is 17.8 Å². The van der Waals surface area contributed by atoms with Crippen molar-refractivity contribution in [3.05, 3.63) is 17.9 Å². The van der Waals surface area contributed by atoms with E-state index in [1.807, 2.05) is 0 Å². The van der Waals surface area contributed by atoms with Gasteiger partial charge in [0.05, 0.1) is 6.61 Å². The Morgan fingerprint density at radius 3 is 2.88 bits per heavy atom. The van der Waals surface area contributed by atoms with Crippen LogP contribution in [0.15, 0.2) is 12.7 Å². The summed E-state index contributed by atoms with van der Waals surface area (Å²) in [6, 6.07) is 0. The maximum absolute atomic E-state index is 8.85. The molecule has 17 heavy (non-hydrogen) atoms. The summed E-state index contributed by atoms with van der Waals surface area (Å²) >= 11 is 5.80. The first-order chi connectivity index (χ1) is 8.20. The van der Waals surface area contributed by atoms with E-state index < -0.39 is 0 Å². The number of aliphatic hydroxyl groups excluding tert-OH is 1. The summed E-state index contributed by atoms with van der Waals surface area (Å²) in [6.45, 7) is 0.398. The number of hydrogen-bond donors (Lipinski definition) is 1. The van der Waals surface area contributed by atoms with Crippen molar-refractivity contribution in [1.29, 1.82) is 0 Å². The number of rotatable bonds is 4. The monoisotopic (exact) mass is 255 g/mol. The van der Waals surface area contributed by atoms with Crippen LogP contribution in [0, 0.1) is 0 Å². The van der Waals surface area contributed by atoms with Crippen molar-refractivity contribution in [2.24, 2.45) is 0 Å². The molecule has 90 valence electrons. The molecule has 0 radical (unpaired) electrons. The Hall–Kier alpha value is -1.80. The van der Waals surface area contributed by atoms with Crippen molar-refractivity contribution in [3.63, 3.8) is 0 Å². The quantitative estimate of drug-likeness (QED) is 0.790. The van der Waals surface area contributed by atoms with Gasteiger partial charge < -0.3 is 10.0 Å². The molecule has 2 rings (SSSR count). The third kappa shape index (κ3) is 2.66.